The highest BCUT2D eigenvalue weighted by atomic mass is 19.1. The number of nitrogens with zero attached hydrogens (tertiary/aromatic N) is 3. The molecule has 0 N–H and O–H groups in total. The number of halogens is 1. The van der Waals surface area contributed by atoms with Crippen molar-refractivity contribution in [2.45, 2.75) is 40.2 Å². The average molecular weight is 580 g/mol. The molecule has 0 aliphatic carbocycles. The summed E-state index contributed by atoms with van der Waals surface area (Å²) in [4.78, 5) is 18.7. The summed E-state index contributed by atoms with van der Waals surface area (Å²) >= 11 is 0. The molecule has 0 saturated heterocycles. The molecule has 4 aromatic carbocycles. The minimum absolute atomic E-state index is 0.0534. The van der Waals surface area contributed by atoms with Crippen molar-refractivity contribution in [3.63, 3.8) is 0 Å². The van der Waals surface area contributed by atoms with Gasteiger partial charge in [-0.1, -0.05) is 44.2 Å². The summed E-state index contributed by atoms with van der Waals surface area (Å²) in [7, 11) is 1.53. The van der Waals surface area contributed by atoms with Gasteiger partial charge < -0.3 is 14.2 Å². The summed E-state index contributed by atoms with van der Waals surface area (Å²) in [6.07, 6.45) is 1.58. The Kier molecular flexibility index (Phi) is 8.85. The molecule has 0 atom stereocenters. The molecular formula is C35H34FN3O4. The lowest BCUT2D eigenvalue weighted by atomic mass is 9.96. The molecule has 0 unspecified atom stereocenters. The topological polar surface area (TPSA) is 74.9 Å². The standard InChI is InChI=1S/C35H34FN3O4/c1-6-42-32-17-23(4)28(19-27(32)22(2)3)34-38-30-14-10-8-12-26(30)35(40)39(34)37-20-24-15-16-31(33(18-24)41-5)43-21-25-11-7-9-13-29(25)36/h7-20,22H,6,21H2,1-5H3. The first-order valence-corrected chi connectivity index (χ1v) is 14.2. The highest BCUT2D eigenvalue weighted by Gasteiger charge is 2.19. The lowest BCUT2D eigenvalue weighted by Crippen LogP contribution is -2.21. The van der Waals surface area contributed by atoms with Crippen molar-refractivity contribution >= 4 is 17.1 Å². The Morgan fingerprint density at radius 3 is 2.47 bits per heavy atom. The monoisotopic (exact) mass is 579 g/mol. The fraction of sp³-hybridized carbons (Fsp3) is 0.229. The van der Waals surface area contributed by atoms with Crippen LogP contribution >= 0.6 is 0 Å². The molecule has 43 heavy (non-hydrogen) atoms. The van der Waals surface area contributed by atoms with Crippen molar-refractivity contribution < 1.29 is 18.6 Å². The lowest BCUT2D eigenvalue weighted by molar-refractivity contribution is 0.279. The third-order valence-corrected chi connectivity index (χ3v) is 7.12. The van der Waals surface area contributed by atoms with E-state index < -0.39 is 0 Å². The largest absolute Gasteiger partial charge is 0.494 e. The van der Waals surface area contributed by atoms with Crippen LogP contribution in [0.25, 0.3) is 22.3 Å². The maximum absolute atomic E-state index is 14.1. The first-order valence-electron chi connectivity index (χ1n) is 14.2. The predicted molar refractivity (Wildman–Crippen MR) is 168 cm³/mol. The zero-order valence-electron chi connectivity index (χ0n) is 24.9. The predicted octanol–water partition coefficient (Wildman–Crippen LogP) is 7.50. The molecule has 1 aromatic heterocycles. The molecule has 220 valence electrons. The van der Waals surface area contributed by atoms with Crippen LogP contribution in [0.5, 0.6) is 17.2 Å². The molecule has 5 aromatic rings. The zero-order chi connectivity index (χ0) is 30.5. The van der Waals surface area contributed by atoms with Gasteiger partial charge in [0, 0.05) is 11.1 Å². The number of ether oxygens (including phenoxy) is 3. The van der Waals surface area contributed by atoms with Gasteiger partial charge in [-0.2, -0.15) is 9.78 Å². The molecule has 7 nitrogen and oxygen atoms in total. The van der Waals surface area contributed by atoms with Crippen molar-refractivity contribution in [2.75, 3.05) is 13.7 Å². The van der Waals surface area contributed by atoms with Crippen LogP contribution in [-0.2, 0) is 6.61 Å². The molecule has 0 aliphatic rings. The molecule has 0 spiro atoms. The van der Waals surface area contributed by atoms with E-state index in [2.05, 4.69) is 18.9 Å². The van der Waals surface area contributed by atoms with Gasteiger partial charge in [-0.3, -0.25) is 4.79 Å². The summed E-state index contributed by atoms with van der Waals surface area (Å²) in [5.41, 5.74) is 4.15. The van der Waals surface area contributed by atoms with Crippen LogP contribution in [-0.4, -0.2) is 29.6 Å². The normalized spacial score (nSPS) is 11.4. The molecule has 0 amide bonds. The van der Waals surface area contributed by atoms with Crippen LogP contribution in [0.4, 0.5) is 4.39 Å². The first-order chi connectivity index (χ1) is 20.8. The second-order valence-corrected chi connectivity index (χ2v) is 10.4. The SMILES string of the molecule is CCOc1cc(C)c(-c2nc3ccccc3c(=O)n2N=Cc2ccc(OCc3ccccc3F)c(OC)c2)cc1C(C)C. The zero-order valence-corrected chi connectivity index (χ0v) is 24.9. The van der Waals surface area contributed by atoms with Gasteiger partial charge in [0.05, 0.1) is 30.8 Å². The number of aromatic nitrogens is 2. The number of benzene rings is 4. The van der Waals surface area contributed by atoms with E-state index in [1.807, 2.05) is 44.2 Å². The third-order valence-electron chi connectivity index (χ3n) is 7.12. The first kappa shape index (κ1) is 29.5. The number of fused-ring (bicyclic) bond motifs is 1. The Hall–Kier alpha value is -4.98. The molecule has 0 radical (unpaired) electrons. The van der Waals surface area contributed by atoms with Crippen molar-refractivity contribution in [3.05, 3.63) is 117 Å². The summed E-state index contributed by atoms with van der Waals surface area (Å²) in [6, 6.07) is 23.0. The summed E-state index contributed by atoms with van der Waals surface area (Å²) in [6.45, 7) is 8.75. The second kappa shape index (κ2) is 12.9. The molecule has 0 saturated carbocycles. The summed E-state index contributed by atoms with van der Waals surface area (Å²) < 4.78 is 32.7. The molecular weight excluding hydrogens is 545 g/mol. The van der Waals surface area contributed by atoms with Gasteiger partial charge >= 0.3 is 0 Å². The molecule has 0 bridgehead atoms. The molecule has 0 aliphatic heterocycles. The van der Waals surface area contributed by atoms with E-state index in [-0.39, 0.29) is 23.9 Å². The maximum Gasteiger partial charge on any atom is 0.282 e. The van der Waals surface area contributed by atoms with E-state index in [0.717, 1.165) is 22.4 Å². The smallest absolute Gasteiger partial charge is 0.282 e. The Labute approximate surface area is 250 Å². The molecule has 0 fully saturated rings. The molecule has 8 heteroatoms. The lowest BCUT2D eigenvalue weighted by Gasteiger charge is -2.18. The Morgan fingerprint density at radius 2 is 1.72 bits per heavy atom. The van der Waals surface area contributed by atoms with Crippen LogP contribution in [0.2, 0.25) is 0 Å². The van der Waals surface area contributed by atoms with Gasteiger partial charge in [0.2, 0.25) is 0 Å². The number of rotatable bonds is 10. The number of hydrogen-bond acceptors (Lipinski definition) is 6. The van der Waals surface area contributed by atoms with Crippen LogP contribution in [0.3, 0.4) is 0 Å². The van der Waals surface area contributed by atoms with Gasteiger partial charge in [0.25, 0.3) is 5.56 Å². The van der Waals surface area contributed by atoms with Crippen molar-refractivity contribution in [1.29, 1.82) is 0 Å². The minimum Gasteiger partial charge on any atom is -0.494 e. The fourth-order valence-electron chi connectivity index (χ4n) is 4.86. The quantitative estimate of drug-likeness (QED) is 0.160. The number of aryl methyl sites for hydroxylation is 1. The van der Waals surface area contributed by atoms with Gasteiger partial charge in [-0.05, 0) is 85.0 Å². The van der Waals surface area contributed by atoms with E-state index in [4.69, 9.17) is 19.2 Å². The molecule has 5 rings (SSSR count). The highest BCUT2D eigenvalue weighted by molar-refractivity contribution is 5.83. The third kappa shape index (κ3) is 6.28. The van der Waals surface area contributed by atoms with E-state index in [0.29, 0.717) is 46.0 Å². The van der Waals surface area contributed by atoms with Gasteiger partial charge in [-0.25, -0.2) is 9.37 Å². The summed E-state index contributed by atoms with van der Waals surface area (Å²) in [5.74, 6) is 2.02. The second-order valence-electron chi connectivity index (χ2n) is 10.4. The Morgan fingerprint density at radius 1 is 0.953 bits per heavy atom. The van der Waals surface area contributed by atoms with Crippen LogP contribution in [0, 0.1) is 12.7 Å². The van der Waals surface area contributed by atoms with E-state index in [1.165, 1.54) is 17.9 Å². The maximum atomic E-state index is 14.1. The Bertz CT molecular complexity index is 1860. The van der Waals surface area contributed by atoms with Crippen LogP contribution < -0.4 is 19.8 Å². The van der Waals surface area contributed by atoms with E-state index >= 15 is 0 Å². The van der Waals surface area contributed by atoms with Gasteiger partial charge in [0.15, 0.2) is 17.3 Å². The molecule has 1 heterocycles. The number of hydrogen-bond donors (Lipinski definition) is 0. The average Bonchev–Trinajstić information content (AvgIpc) is 3.00. The van der Waals surface area contributed by atoms with Crippen LogP contribution in [0.1, 0.15) is 48.9 Å². The van der Waals surface area contributed by atoms with Crippen LogP contribution in [0.15, 0.2) is 88.8 Å². The van der Waals surface area contributed by atoms with Crippen molar-refractivity contribution in [2.24, 2.45) is 5.10 Å². The summed E-state index contributed by atoms with van der Waals surface area (Å²) in [5, 5.41) is 5.09. The van der Waals surface area contributed by atoms with E-state index in [9.17, 15) is 9.18 Å². The van der Waals surface area contributed by atoms with Gasteiger partial charge in [0.1, 0.15) is 18.2 Å². The Balaban J connectivity index is 1.56. The van der Waals surface area contributed by atoms with Gasteiger partial charge in [-0.15, -0.1) is 0 Å². The number of methoxy groups -OCH3 is 1. The van der Waals surface area contributed by atoms with E-state index in [1.54, 1.807) is 48.7 Å². The fourth-order valence-corrected chi connectivity index (χ4v) is 4.86. The van der Waals surface area contributed by atoms with Crippen molar-refractivity contribution in [1.82, 2.24) is 9.66 Å². The van der Waals surface area contributed by atoms with Crippen molar-refractivity contribution in [3.8, 4) is 28.6 Å². The highest BCUT2D eigenvalue weighted by Crippen LogP contribution is 2.34. The minimum atomic E-state index is -0.334. The number of para-hydroxylation sites is 1.